The van der Waals surface area contributed by atoms with Crippen LogP contribution >= 0.6 is 15.9 Å². The van der Waals surface area contributed by atoms with E-state index in [1.165, 1.54) is 31.2 Å². The fourth-order valence-electron chi connectivity index (χ4n) is 3.67. The Bertz CT molecular complexity index is 445. The molecule has 0 radical (unpaired) electrons. The van der Waals surface area contributed by atoms with Gasteiger partial charge in [-0.25, -0.2) is 0 Å². The van der Waals surface area contributed by atoms with Crippen LogP contribution in [0.4, 0.5) is 0 Å². The largest absolute Gasteiger partial charge is 0.271 e. The highest BCUT2D eigenvalue weighted by molar-refractivity contribution is 9.10. The van der Waals surface area contributed by atoms with Crippen molar-refractivity contribution >= 4 is 15.9 Å². The molecule has 1 aromatic rings. The van der Waals surface area contributed by atoms with Gasteiger partial charge in [-0.3, -0.25) is 11.3 Å². The lowest BCUT2D eigenvalue weighted by atomic mass is 9.68. The summed E-state index contributed by atoms with van der Waals surface area (Å²) in [5.74, 6) is 7.41. The quantitative estimate of drug-likeness (QED) is 0.609. The van der Waals surface area contributed by atoms with Gasteiger partial charge in [-0.2, -0.15) is 0 Å². The molecule has 1 atom stereocenters. The van der Waals surface area contributed by atoms with Crippen LogP contribution in [0, 0.1) is 17.3 Å². The summed E-state index contributed by atoms with van der Waals surface area (Å²) in [6.07, 6.45) is 6.28. The van der Waals surface area contributed by atoms with Crippen molar-refractivity contribution in [3.05, 3.63) is 34.3 Å². The Morgan fingerprint density at radius 2 is 1.90 bits per heavy atom. The molecule has 1 aliphatic rings. The van der Waals surface area contributed by atoms with Crippen molar-refractivity contribution < 1.29 is 0 Å². The number of benzene rings is 1. The van der Waals surface area contributed by atoms with Crippen LogP contribution in [0.5, 0.6) is 0 Å². The summed E-state index contributed by atoms with van der Waals surface area (Å²) in [4.78, 5) is 0. The molecule has 1 aliphatic carbocycles. The first-order valence-corrected chi connectivity index (χ1v) is 8.90. The van der Waals surface area contributed by atoms with Crippen LogP contribution in [0.1, 0.15) is 52.0 Å². The predicted octanol–water partition coefficient (Wildman–Crippen LogP) is 4.68. The first-order valence-electron chi connectivity index (χ1n) is 8.10. The molecular formula is C18H29BrN2. The maximum Gasteiger partial charge on any atom is 0.0279 e. The van der Waals surface area contributed by atoms with Gasteiger partial charge in [0.2, 0.25) is 0 Å². The van der Waals surface area contributed by atoms with E-state index in [4.69, 9.17) is 5.84 Å². The van der Waals surface area contributed by atoms with Gasteiger partial charge in [-0.1, -0.05) is 48.8 Å². The molecule has 0 amide bonds. The number of hydrogen-bond acceptors (Lipinski definition) is 2. The predicted molar refractivity (Wildman–Crippen MR) is 93.9 cm³/mol. The first kappa shape index (κ1) is 17.0. The van der Waals surface area contributed by atoms with Gasteiger partial charge in [0.25, 0.3) is 0 Å². The molecule has 1 unspecified atom stereocenters. The van der Waals surface area contributed by atoms with Crippen molar-refractivity contribution in [2.75, 3.05) is 0 Å². The molecular weight excluding hydrogens is 324 g/mol. The zero-order valence-corrected chi connectivity index (χ0v) is 15.1. The molecule has 0 saturated heterocycles. The molecule has 3 heteroatoms. The lowest BCUT2D eigenvalue weighted by molar-refractivity contribution is 0.132. The number of hydrogen-bond donors (Lipinski definition) is 2. The van der Waals surface area contributed by atoms with E-state index in [2.05, 4.69) is 66.4 Å². The maximum atomic E-state index is 5.85. The van der Waals surface area contributed by atoms with E-state index in [9.17, 15) is 0 Å². The maximum absolute atomic E-state index is 5.85. The van der Waals surface area contributed by atoms with Gasteiger partial charge >= 0.3 is 0 Å². The van der Waals surface area contributed by atoms with Gasteiger partial charge in [0.05, 0.1) is 0 Å². The number of nitrogens with two attached hydrogens (primary N) is 1. The standard InChI is InChI=1S/C18H29BrN2/c1-18(2,3)15-9-7-14(8-10-15)17(21-20)12-13-5-4-6-16(19)11-13/h4-6,11,14-15,17,21H,7-10,12,20H2,1-3H3. The zero-order valence-electron chi connectivity index (χ0n) is 13.5. The van der Waals surface area contributed by atoms with Crippen molar-refractivity contribution in [3.63, 3.8) is 0 Å². The molecule has 1 fully saturated rings. The highest BCUT2D eigenvalue weighted by Crippen LogP contribution is 2.41. The third-order valence-corrected chi connectivity index (χ3v) is 5.62. The van der Waals surface area contributed by atoms with Gasteiger partial charge < -0.3 is 0 Å². The molecule has 0 aromatic heterocycles. The second-order valence-corrected chi connectivity index (χ2v) is 8.50. The number of nitrogens with one attached hydrogen (secondary N) is 1. The van der Waals surface area contributed by atoms with E-state index in [1.807, 2.05) is 0 Å². The first-order chi connectivity index (χ1) is 9.90. The SMILES string of the molecule is CC(C)(C)C1CCC(C(Cc2cccc(Br)c2)NN)CC1. The number of halogens is 1. The van der Waals surface area contributed by atoms with E-state index < -0.39 is 0 Å². The summed E-state index contributed by atoms with van der Waals surface area (Å²) in [7, 11) is 0. The molecule has 21 heavy (non-hydrogen) atoms. The van der Waals surface area contributed by atoms with Crippen LogP contribution in [0.2, 0.25) is 0 Å². The molecule has 0 heterocycles. The summed E-state index contributed by atoms with van der Waals surface area (Å²) < 4.78 is 1.15. The molecule has 3 N–H and O–H groups in total. The van der Waals surface area contributed by atoms with E-state index >= 15 is 0 Å². The van der Waals surface area contributed by atoms with Gasteiger partial charge in [0, 0.05) is 10.5 Å². The Kier molecular flexibility index (Phi) is 5.87. The van der Waals surface area contributed by atoms with Crippen LogP contribution in [0.15, 0.2) is 28.7 Å². The highest BCUT2D eigenvalue weighted by Gasteiger charge is 2.32. The molecule has 0 spiro atoms. The van der Waals surface area contributed by atoms with Crippen molar-refractivity contribution in [3.8, 4) is 0 Å². The third kappa shape index (κ3) is 4.80. The van der Waals surface area contributed by atoms with E-state index in [-0.39, 0.29) is 0 Å². The molecule has 2 nitrogen and oxygen atoms in total. The van der Waals surface area contributed by atoms with Gasteiger partial charge in [-0.05, 0) is 67.1 Å². The summed E-state index contributed by atoms with van der Waals surface area (Å²) >= 11 is 3.55. The minimum absolute atomic E-state index is 0.389. The van der Waals surface area contributed by atoms with Crippen molar-refractivity contribution in [2.24, 2.45) is 23.1 Å². The van der Waals surface area contributed by atoms with E-state index in [1.54, 1.807) is 0 Å². The molecule has 1 saturated carbocycles. The molecule has 2 rings (SSSR count). The fourth-order valence-corrected chi connectivity index (χ4v) is 4.11. The monoisotopic (exact) mass is 352 g/mol. The van der Waals surface area contributed by atoms with Crippen LogP contribution < -0.4 is 11.3 Å². The average molecular weight is 353 g/mol. The topological polar surface area (TPSA) is 38.0 Å². The summed E-state index contributed by atoms with van der Waals surface area (Å²) in [6.45, 7) is 7.12. The number of rotatable bonds is 4. The van der Waals surface area contributed by atoms with E-state index in [0.717, 1.165) is 16.8 Å². The zero-order chi connectivity index (χ0) is 15.5. The second-order valence-electron chi connectivity index (χ2n) is 7.58. The molecule has 0 bridgehead atoms. The Morgan fingerprint density at radius 3 is 2.43 bits per heavy atom. The molecule has 1 aromatic carbocycles. The Labute approximate surface area is 138 Å². The third-order valence-electron chi connectivity index (χ3n) is 5.12. The van der Waals surface area contributed by atoms with Crippen LogP contribution in [-0.4, -0.2) is 6.04 Å². The Balaban J connectivity index is 1.94. The summed E-state index contributed by atoms with van der Waals surface area (Å²) in [5.41, 5.74) is 4.88. The second kappa shape index (κ2) is 7.26. The Morgan fingerprint density at radius 1 is 1.24 bits per heavy atom. The number of hydrazine groups is 1. The van der Waals surface area contributed by atoms with E-state index in [0.29, 0.717) is 17.4 Å². The van der Waals surface area contributed by atoms with Gasteiger partial charge in [0.15, 0.2) is 0 Å². The normalized spacial score (nSPS) is 24.8. The molecule has 0 aliphatic heterocycles. The minimum atomic E-state index is 0.389. The van der Waals surface area contributed by atoms with Crippen LogP contribution in [-0.2, 0) is 6.42 Å². The summed E-state index contributed by atoms with van der Waals surface area (Å²) in [6, 6.07) is 8.95. The highest BCUT2D eigenvalue weighted by atomic mass is 79.9. The van der Waals surface area contributed by atoms with Crippen molar-refractivity contribution in [2.45, 2.75) is 58.9 Å². The Hall–Kier alpha value is -0.380. The van der Waals surface area contributed by atoms with Gasteiger partial charge in [-0.15, -0.1) is 0 Å². The lowest BCUT2D eigenvalue weighted by Crippen LogP contribution is -2.44. The summed E-state index contributed by atoms with van der Waals surface area (Å²) in [5, 5.41) is 0. The van der Waals surface area contributed by atoms with Crippen LogP contribution in [0.25, 0.3) is 0 Å². The fraction of sp³-hybridized carbons (Fsp3) is 0.667. The van der Waals surface area contributed by atoms with Crippen molar-refractivity contribution in [1.29, 1.82) is 0 Å². The molecule has 118 valence electrons. The lowest BCUT2D eigenvalue weighted by Gasteiger charge is -2.39. The van der Waals surface area contributed by atoms with Crippen LogP contribution in [0.3, 0.4) is 0 Å². The van der Waals surface area contributed by atoms with Crippen molar-refractivity contribution in [1.82, 2.24) is 5.43 Å². The average Bonchev–Trinajstić information content (AvgIpc) is 2.44. The minimum Gasteiger partial charge on any atom is -0.271 e. The smallest absolute Gasteiger partial charge is 0.0279 e. The van der Waals surface area contributed by atoms with Gasteiger partial charge in [0.1, 0.15) is 0 Å².